The number of Topliss-reactive ketones (excluding diaryl/α,β-unsaturated/α-hetero) is 1. The fourth-order valence-electron chi connectivity index (χ4n) is 2.03. The Morgan fingerprint density at radius 1 is 1.25 bits per heavy atom. The molecule has 1 aromatic heterocycles. The number of aryl methyl sites for hydroxylation is 1. The molecule has 108 valence electrons. The molecular formula is C15H18BrNO2S. The van der Waals surface area contributed by atoms with E-state index >= 15 is 0 Å². The van der Waals surface area contributed by atoms with Crippen LogP contribution in [0.2, 0.25) is 0 Å². The summed E-state index contributed by atoms with van der Waals surface area (Å²) in [5.41, 5.74) is 1.84. The van der Waals surface area contributed by atoms with Crippen molar-refractivity contribution in [3.05, 3.63) is 51.5 Å². The minimum absolute atomic E-state index is 0. The van der Waals surface area contributed by atoms with Crippen molar-refractivity contribution in [2.45, 2.75) is 26.8 Å². The molecule has 0 unspecified atom stereocenters. The molecule has 2 aromatic rings. The lowest BCUT2D eigenvalue weighted by Gasteiger charge is -2.00. The van der Waals surface area contributed by atoms with Crippen LogP contribution in [0.5, 0.6) is 0 Å². The van der Waals surface area contributed by atoms with E-state index in [1.165, 1.54) is 4.88 Å². The monoisotopic (exact) mass is 355 g/mol. The first kappa shape index (κ1) is 17.0. The summed E-state index contributed by atoms with van der Waals surface area (Å²) < 4.78 is 2.02. The van der Waals surface area contributed by atoms with E-state index in [2.05, 4.69) is 0 Å². The van der Waals surface area contributed by atoms with Crippen molar-refractivity contribution >= 4 is 17.1 Å². The second kappa shape index (κ2) is 7.67. The van der Waals surface area contributed by atoms with Gasteiger partial charge < -0.3 is 22.1 Å². The predicted octanol–water partition coefficient (Wildman–Crippen LogP) is -0.926. The zero-order chi connectivity index (χ0) is 13.8. The third kappa shape index (κ3) is 3.75. The maximum Gasteiger partial charge on any atom is 0.240 e. The number of hydrogen-bond acceptors (Lipinski definition) is 3. The van der Waals surface area contributed by atoms with Gasteiger partial charge in [0.15, 0.2) is 5.69 Å². The van der Waals surface area contributed by atoms with E-state index < -0.39 is 0 Å². The van der Waals surface area contributed by atoms with Crippen LogP contribution in [0.25, 0.3) is 0 Å². The Balaban J connectivity index is 0.00000200. The smallest absolute Gasteiger partial charge is 0.240 e. The van der Waals surface area contributed by atoms with Crippen LogP contribution in [0.4, 0.5) is 0 Å². The molecule has 1 N–H and O–H groups in total. The molecule has 0 saturated carbocycles. The summed E-state index contributed by atoms with van der Waals surface area (Å²) in [5, 5.41) is 10.2. The lowest BCUT2D eigenvalue weighted by molar-refractivity contribution is -0.691. The minimum atomic E-state index is 0. The summed E-state index contributed by atoms with van der Waals surface area (Å²) in [6.07, 6.45) is 0.599. The summed E-state index contributed by atoms with van der Waals surface area (Å²) in [5.74, 6) is 0.102. The number of ketones is 1. The number of benzene rings is 1. The van der Waals surface area contributed by atoms with Crippen LogP contribution in [0.3, 0.4) is 0 Å². The number of aromatic nitrogens is 1. The first-order valence-corrected chi connectivity index (χ1v) is 7.13. The average molecular weight is 356 g/mol. The van der Waals surface area contributed by atoms with Crippen molar-refractivity contribution in [3.63, 3.8) is 0 Å². The minimum Gasteiger partial charge on any atom is -1.00 e. The largest absolute Gasteiger partial charge is 1.00 e. The molecule has 1 heterocycles. The zero-order valence-electron chi connectivity index (χ0n) is 11.6. The molecule has 0 aliphatic carbocycles. The Hall–Kier alpha value is -1.04. The van der Waals surface area contributed by atoms with Crippen molar-refractivity contribution in [3.8, 4) is 0 Å². The quantitative estimate of drug-likeness (QED) is 0.556. The Bertz CT molecular complexity index is 581. The summed E-state index contributed by atoms with van der Waals surface area (Å²) in [7, 11) is 0. The molecule has 20 heavy (non-hydrogen) atoms. The van der Waals surface area contributed by atoms with Gasteiger partial charge in [-0.15, -0.1) is 0 Å². The fourth-order valence-corrected chi connectivity index (χ4v) is 3.15. The average Bonchev–Trinajstić information content (AvgIpc) is 2.68. The molecule has 0 radical (unpaired) electrons. The van der Waals surface area contributed by atoms with Gasteiger partial charge in [0.25, 0.3) is 0 Å². The van der Waals surface area contributed by atoms with Crippen LogP contribution < -0.4 is 21.5 Å². The van der Waals surface area contributed by atoms with Gasteiger partial charge in [0, 0.05) is 12.5 Å². The molecule has 0 aliphatic rings. The Morgan fingerprint density at radius 3 is 2.50 bits per heavy atom. The van der Waals surface area contributed by atoms with E-state index in [9.17, 15) is 4.79 Å². The standard InChI is InChI=1S/C15H18NO2S.BrH/c1-11-12(2)19-15(8-9-17)16(11)10-14(18)13-6-4-3-5-7-13;/h3-7,17H,8-10H2,1-2H3;1H/q+1;/p-1. The molecule has 2 rings (SSSR count). The topological polar surface area (TPSA) is 41.2 Å². The van der Waals surface area contributed by atoms with Crippen LogP contribution in [-0.4, -0.2) is 17.5 Å². The first-order chi connectivity index (χ1) is 9.13. The van der Waals surface area contributed by atoms with E-state index in [4.69, 9.17) is 5.11 Å². The molecule has 3 nitrogen and oxygen atoms in total. The maximum atomic E-state index is 12.3. The highest BCUT2D eigenvalue weighted by Crippen LogP contribution is 2.15. The molecular weight excluding hydrogens is 338 g/mol. The van der Waals surface area contributed by atoms with Gasteiger partial charge in [0.05, 0.1) is 17.9 Å². The van der Waals surface area contributed by atoms with Crippen molar-refractivity contribution < 1.29 is 31.4 Å². The van der Waals surface area contributed by atoms with Crippen LogP contribution in [0.1, 0.15) is 25.9 Å². The highest BCUT2D eigenvalue weighted by atomic mass is 79.9. The van der Waals surface area contributed by atoms with Gasteiger partial charge in [0.1, 0.15) is 0 Å². The van der Waals surface area contributed by atoms with Gasteiger partial charge in [-0.25, -0.2) is 0 Å². The van der Waals surface area contributed by atoms with Crippen LogP contribution in [0, 0.1) is 13.8 Å². The number of carbonyl (C=O) groups excluding carboxylic acids is 1. The van der Waals surface area contributed by atoms with Crippen molar-refractivity contribution in [2.24, 2.45) is 0 Å². The van der Waals surface area contributed by atoms with Gasteiger partial charge in [-0.3, -0.25) is 4.79 Å². The molecule has 0 saturated heterocycles. The predicted molar refractivity (Wildman–Crippen MR) is 75.6 cm³/mol. The number of thiazole rings is 1. The number of hydrogen-bond donors (Lipinski definition) is 1. The third-order valence-corrected chi connectivity index (χ3v) is 4.47. The van der Waals surface area contributed by atoms with Gasteiger partial charge in [-0.1, -0.05) is 41.7 Å². The number of aliphatic hydroxyl groups excluding tert-OH is 1. The highest BCUT2D eigenvalue weighted by Gasteiger charge is 2.23. The van der Waals surface area contributed by atoms with Crippen LogP contribution in [0.15, 0.2) is 30.3 Å². The second-order valence-corrected chi connectivity index (χ2v) is 5.77. The lowest BCUT2D eigenvalue weighted by atomic mass is 10.1. The summed E-state index contributed by atoms with van der Waals surface area (Å²) >= 11 is 1.65. The fraction of sp³-hybridized carbons (Fsp3) is 0.333. The van der Waals surface area contributed by atoms with Gasteiger partial charge in [-0.05, 0) is 6.92 Å². The van der Waals surface area contributed by atoms with Gasteiger partial charge in [-0.2, -0.15) is 4.57 Å². The molecule has 0 amide bonds. The summed E-state index contributed by atoms with van der Waals surface area (Å²) in [6, 6.07) is 9.32. The molecule has 0 bridgehead atoms. The van der Waals surface area contributed by atoms with Crippen LogP contribution in [-0.2, 0) is 13.0 Å². The van der Waals surface area contributed by atoms with E-state index in [-0.39, 0.29) is 29.4 Å². The maximum absolute atomic E-state index is 12.3. The Kier molecular flexibility index (Phi) is 6.52. The molecule has 1 aromatic carbocycles. The van der Waals surface area contributed by atoms with Crippen molar-refractivity contribution in [1.29, 1.82) is 0 Å². The van der Waals surface area contributed by atoms with E-state index in [0.29, 0.717) is 13.0 Å². The normalized spacial score (nSPS) is 10.2. The van der Waals surface area contributed by atoms with E-state index in [0.717, 1.165) is 16.3 Å². The molecule has 0 spiro atoms. The van der Waals surface area contributed by atoms with Crippen LogP contribution >= 0.6 is 11.3 Å². The third-order valence-electron chi connectivity index (χ3n) is 3.21. The van der Waals surface area contributed by atoms with Gasteiger partial charge in [0.2, 0.25) is 17.3 Å². The number of rotatable bonds is 5. The number of nitrogens with zero attached hydrogens (tertiary/aromatic N) is 1. The molecule has 0 atom stereocenters. The molecule has 5 heteroatoms. The van der Waals surface area contributed by atoms with E-state index in [1.54, 1.807) is 11.3 Å². The summed E-state index contributed by atoms with van der Waals surface area (Å²) in [4.78, 5) is 13.5. The van der Waals surface area contributed by atoms with E-state index in [1.807, 2.05) is 48.7 Å². The molecule has 0 aliphatic heterocycles. The second-order valence-electron chi connectivity index (χ2n) is 4.49. The SMILES string of the molecule is Cc1sc(CCO)[n+](CC(=O)c2ccccc2)c1C.[Br-]. The number of carbonyl (C=O) groups is 1. The highest BCUT2D eigenvalue weighted by molar-refractivity contribution is 7.11. The van der Waals surface area contributed by atoms with Gasteiger partial charge >= 0.3 is 0 Å². The lowest BCUT2D eigenvalue weighted by Crippen LogP contribution is -3.00. The van der Waals surface area contributed by atoms with Crippen molar-refractivity contribution in [1.82, 2.24) is 0 Å². The summed E-state index contributed by atoms with van der Waals surface area (Å²) in [6.45, 7) is 4.52. The Labute approximate surface area is 133 Å². The molecule has 0 fully saturated rings. The zero-order valence-corrected chi connectivity index (χ0v) is 14.0. The number of aliphatic hydroxyl groups is 1. The first-order valence-electron chi connectivity index (χ1n) is 6.31. The number of halogens is 1. The Morgan fingerprint density at radius 2 is 1.90 bits per heavy atom. The van der Waals surface area contributed by atoms with Crippen molar-refractivity contribution in [2.75, 3.05) is 6.61 Å².